The summed E-state index contributed by atoms with van der Waals surface area (Å²) in [6.45, 7) is 4.83. The molecule has 96 valence electrons. The van der Waals surface area contributed by atoms with Crippen LogP contribution in [0.4, 0.5) is 0 Å². The summed E-state index contributed by atoms with van der Waals surface area (Å²) in [4.78, 5) is 11.8. The number of nitrogens with one attached hydrogen (secondary N) is 1. The Labute approximate surface area is 101 Å². The van der Waals surface area contributed by atoms with Crippen LogP contribution in [0.1, 0.15) is 29.4 Å². The normalized spacial score (nSPS) is 12.5. The quantitative estimate of drug-likeness (QED) is 0.633. The number of carbonyl (C=O) groups excluding carboxylic acids is 1. The predicted octanol–water partition coefficient (Wildman–Crippen LogP) is -0.349. The van der Waals surface area contributed by atoms with Crippen LogP contribution >= 0.6 is 0 Å². The molecule has 0 bridgehead atoms. The molecule has 1 atom stereocenters. The molecule has 0 fully saturated rings. The summed E-state index contributed by atoms with van der Waals surface area (Å²) in [6.07, 6.45) is 2.38. The molecule has 0 aliphatic rings. The summed E-state index contributed by atoms with van der Waals surface area (Å²) in [7, 11) is 0. The van der Waals surface area contributed by atoms with Gasteiger partial charge < -0.3 is 16.2 Å². The molecule has 0 aromatic carbocycles. The molecule has 0 radical (unpaired) electrons. The third-order valence-corrected chi connectivity index (χ3v) is 2.57. The average Bonchev–Trinajstić information content (AvgIpc) is 2.67. The Kier molecular flexibility index (Phi) is 5.11. The predicted molar refractivity (Wildman–Crippen MR) is 64.6 cm³/mol. The Morgan fingerprint density at radius 2 is 2.41 bits per heavy atom. The minimum absolute atomic E-state index is 0.0773. The summed E-state index contributed by atoms with van der Waals surface area (Å²) in [5.74, 6) is -0.206. The Balaban J connectivity index is 2.71. The second kappa shape index (κ2) is 6.36. The number of amides is 1. The summed E-state index contributed by atoms with van der Waals surface area (Å²) in [5.41, 5.74) is 6.79. The number of rotatable bonds is 6. The molecule has 1 aromatic rings. The molecular weight excluding hydrogens is 220 g/mol. The average molecular weight is 240 g/mol. The maximum Gasteiger partial charge on any atom is 0.255 e. The second-order valence-corrected chi connectivity index (χ2v) is 4.07. The van der Waals surface area contributed by atoms with Crippen molar-refractivity contribution in [3.8, 4) is 0 Å². The van der Waals surface area contributed by atoms with Gasteiger partial charge in [-0.3, -0.25) is 9.48 Å². The van der Waals surface area contributed by atoms with Crippen LogP contribution in [0, 0.1) is 6.92 Å². The number of aliphatic hydroxyl groups excluding tert-OH is 1. The maximum atomic E-state index is 11.8. The number of aliphatic hydroxyl groups is 1. The van der Waals surface area contributed by atoms with Crippen molar-refractivity contribution in [2.45, 2.75) is 32.9 Å². The zero-order valence-corrected chi connectivity index (χ0v) is 10.3. The van der Waals surface area contributed by atoms with E-state index in [0.29, 0.717) is 18.7 Å². The molecule has 0 saturated heterocycles. The van der Waals surface area contributed by atoms with E-state index in [1.807, 2.05) is 6.92 Å². The third kappa shape index (κ3) is 3.54. The van der Waals surface area contributed by atoms with E-state index >= 15 is 0 Å². The van der Waals surface area contributed by atoms with Crippen molar-refractivity contribution in [1.29, 1.82) is 0 Å². The number of nitrogens with two attached hydrogens (primary N) is 1. The monoisotopic (exact) mass is 240 g/mol. The Morgan fingerprint density at radius 1 is 1.71 bits per heavy atom. The van der Waals surface area contributed by atoms with Crippen molar-refractivity contribution >= 4 is 5.91 Å². The molecule has 0 saturated carbocycles. The first-order valence-corrected chi connectivity index (χ1v) is 5.74. The van der Waals surface area contributed by atoms with Gasteiger partial charge in [0.25, 0.3) is 5.91 Å². The highest BCUT2D eigenvalue weighted by atomic mass is 16.3. The molecule has 0 aliphatic carbocycles. The van der Waals surface area contributed by atoms with Crippen LogP contribution in [0.15, 0.2) is 6.20 Å². The molecule has 0 unspecified atom stereocenters. The summed E-state index contributed by atoms with van der Waals surface area (Å²) < 4.78 is 1.77. The van der Waals surface area contributed by atoms with Crippen molar-refractivity contribution in [1.82, 2.24) is 15.1 Å². The fourth-order valence-electron chi connectivity index (χ4n) is 1.48. The second-order valence-electron chi connectivity index (χ2n) is 4.07. The van der Waals surface area contributed by atoms with E-state index in [2.05, 4.69) is 10.4 Å². The first kappa shape index (κ1) is 13.7. The van der Waals surface area contributed by atoms with Gasteiger partial charge >= 0.3 is 0 Å². The van der Waals surface area contributed by atoms with E-state index in [4.69, 9.17) is 10.8 Å². The molecule has 1 rings (SSSR count). The van der Waals surface area contributed by atoms with Crippen molar-refractivity contribution in [2.75, 3.05) is 13.2 Å². The number of aromatic nitrogens is 2. The van der Waals surface area contributed by atoms with Gasteiger partial charge in [-0.1, -0.05) is 0 Å². The fourth-order valence-corrected chi connectivity index (χ4v) is 1.48. The summed E-state index contributed by atoms with van der Waals surface area (Å²) >= 11 is 0. The highest BCUT2D eigenvalue weighted by Crippen LogP contribution is 2.07. The van der Waals surface area contributed by atoms with Gasteiger partial charge in [-0.05, 0) is 26.8 Å². The van der Waals surface area contributed by atoms with Gasteiger partial charge in [-0.15, -0.1) is 0 Å². The molecule has 1 aromatic heterocycles. The van der Waals surface area contributed by atoms with Gasteiger partial charge in [0, 0.05) is 18.3 Å². The first-order chi connectivity index (χ1) is 8.10. The zero-order chi connectivity index (χ0) is 12.8. The van der Waals surface area contributed by atoms with Gasteiger partial charge in [0.2, 0.25) is 0 Å². The van der Waals surface area contributed by atoms with Gasteiger partial charge in [0.1, 0.15) is 0 Å². The van der Waals surface area contributed by atoms with Crippen LogP contribution in [-0.2, 0) is 6.54 Å². The maximum absolute atomic E-state index is 11.8. The number of hydrogen-bond donors (Lipinski definition) is 3. The lowest BCUT2D eigenvalue weighted by atomic mass is 10.2. The first-order valence-electron chi connectivity index (χ1n) is 5.74. The van der Waals surface area contributed by atoms with Crippen LogP contribution < -0.4 is 11.1 Å². The number of nitrogens with zero attached hydrogens (tertiary/aromatic N) is 2. The largest absolute Gasteiger partial charge is 0.394 e. The fraction of sp³-hybridized carbons (Fsp3) is 0.636. The molecule has 17 heavy (non-hydrogen) atoms. The van der Waals surface area contributed by atoms with Crippen LogP contribution in [-0.4, -0.2) is 40.0 Å². The molecule has 0 spiro atoms. The van der Waals surface area contributed by atoms with E-state index in [1.54, 1.807) is 17.8 Å². The van der Waals surface area contributed by atoms with E-state index in [9.17, 15) is 4.79 Å². The SMILES string of the molecule is Cc1c(C(=O)N[C@@H](C)CO)cnn1CCCN. The van der Waals surface area contributed by atoms with Crippen LogP contribution in [0.3, 0.4) is 0 Å². The molecule has 0 aliphatic heterocycles. The van der Waals surface area contributed by atoms with Crippen LogP contribution in [0.2, 0.25) is 0 Å². The topological polar surface area (TPSA) is 93.2 Å². The molecule has 6 nitrogen and oxygen atoms in total. The Bertz CT molecular complexity index is 376. The van der Waals surface area contributed by atoms with E-state index in [1.165, 1.54) is 0 Å². The van der Waals surface area contributed by atoms with Crippen molar-refractivity contribution in [2.24, 2.45) is 5.73 Å². The minimum Gasteiger partial charge on any atom is -0.394 e. The van der Waals surface area contributed by atoms with E-state index in [-0.39, 0.29) is 18.6 Å². The van der Waals surface area contributed by atoms with Crippen molar-refractivity contribution in [3.05, 3.63) is 17.5 Å². The van der Waals surface area contributed by atoms with Crippen molar-refractivity contribution < 1.29 is 9.90 Å². The van der Waals surface area contributed by atoms with E-state index in [0.717, 1.165) is 12.1 Å². The van der Waals surface area contributed by atoms with E-state index < -0.39 is 0 Å². The van der Waals surface area contributed by atoms with Crippen LogP contribution in [0.5, 0.6) is 0 Å². The highest BCUT2D eigenvalue weighted by Gasteiger charge is 2.15. The summed E-state index contributed by atoms with van der Waals surface area (Å²) in [6, 6.07) is -0.255. The smallest absolute Gasteiger partial charge is 0.255 e. The van der Waals surface area contributed by atoms with Crippen LogP contribution in [0.25, 0.3) is 0 Å². The van der Waals surface area contributed by atoms with Gasteiger partial charge in [0.15, 0.2) is 0 Å². The number of hydrogen-bond acceptors (Lipinski definition) is 4. The highest BCUT2D eigenvalue weighted by molar-refractivity contribution is 5.95. The number of carbonyl (C=O) groups is 1. The Hall–Kier alpha value is -1.40. The third-order valence-electron chi connectivity index (χ3n) is 2.57. The van der Waals surface area contributed by atoms with Gasteiger partial charge in [-0.2, -0.15) is 5.10 Å². The zero-order valence-electron chi connectivity index (χ0n) is 10.3. The van der Waals surface area contributed by atoms with Gasteiger partial charge in [0.05, 0.1) is 18.4 Å². The standard InChI is InChI=1S/C11H20N4O2/c1-8(7-16)14-11(17)10-6-13-15(9(10)2)5-3-4-12/h6,8,16H,3-5,7,12H2,1-2H3,(H,14,17)/t8-/m0/s1. The summed E-state index contributed by atoms with van der Waals surface area (Å²) in [5, 5.41) is 15.7. The lowest BCUT2D eigenvalue weighted by Gasteiger charge is -2.10. The molecule has 1 amide bonds. The number of aryl methyl sites for hydroxylation is 1. The lowest BCUT2D eigenvalue weighted by molar-refractivity contribution is 0.0921. The molecule has 6 heteroatoms. The minimum atomic E-state index is -0.255. The lowest BCUT2D eigenvalue weighted by Crippen LogP contribution is -2.35. The molecule has 4 N–H and O–H groups in total. The molecule has 1 heterocycles. The molecular formula is C11H20N4O2. The van der Waals surface area contributed by atoms with Gasteiger partial charge in [-0.25, -0.2) is 0 Å². The van der Waals surface area contributed by atoms with Crippen molar-refractivity contribution in [3.63, 3.8) is 0 Å². The Morgan fingerprint density at radius 3 is 3.00 bits per heavy atom.